The van der Waals surface area contributed by atoms with Crippen LogP contribution in [0, 0.1) is 0 Å². The van der Waals surface area contributed by atoms with Crippen molar-refractivity contribution < 1.29 is 4.79 Å². The molecule has 0 saturated heterocycles. The zero-order valence-electron chi connectivity index (χ0n) is 12.4. The lowest BCUT2D eigenvalue weighted by Crippen LogP contribution is -2.22. The van der Waals surface area contributed by atoms with E-state index in [1.165, 1.54) is 0 Å². The fourth-order valence-electron chi connectivity index (χ4n) is 2.11. The van der Waals surface area contributed by atoms with Gasteiger partial charge in [0.15, 0.2) is 0 Å². The zero-order valence-corrected chi connectivity index (χ0v) is 12.4. The molecule has 0 fully saturated rings. The molecule has 3 rings (SSSR count). The van der Waals surface area contributed by atoms with E-state index in [0.29, 0.717) is 12.1 Å². The van der Waals surface area contributed by atoms with Gasteiger partial charge in [-0.1, -0.05) is 30.3 Å². The molecule has 5 heteroatoms. The molecule has 5 nitrogen and oxygen atoms in total. The first-order chi connectivity index (χ1) is 11.3. The number of anilines is 2. The smallest absolute Gasteiger partial charge is 0.253 e. The fourth-order valence-corrected chi connectivity index (χ4v) is 2.11. The molecule has 114 valence electrons. The number of hydrogen-bond donors (Lipinski definition) is 2. The van der Waals surface area contributed by atoms with Gasteiger partial charge in [-0.15, -0.1) is 0 Å². The van der Waals surface area contributed by atoms with E-state index in [1.54, 1.807) is 30.9 Å². The standard InChI is InChI=1S/C18H16N4O/c23-18(21-11-14-4-2-1-3-5-14)15-10-17(13-20-12-15)22-16-6-8-19-9-7-16/h1-10,12-13H,11H2,(H,19,22)(H,21,23). The zero-order chi connectivity index (χ0) is 15.9. The Kier molecular flexibility index (Phi) is 4.59. The number of hydrogen-bond acceptors (Lipinski definition) is 4. The van der Waals surface area contributed by atoms with Gasteiger partial charge in [0.2, 0.25) is 0 Å². The van der Waals surface area contributed by atoms with Gasteiger partial charge in [-0.2, -0.15) is 0 Å². The second-order valence-electron chi connectivity index (χ2n) is 4.99. The summed E-state index contributed by atoms with van der Waals surface area (Å²) >= 11 is 0. The van der Waals surface area contributed by atoms with Gasteiger partial charge in [-0.05, 0) is 23.8 Å². The molecule has 23 heavy (non-hydrogen) atoms. The van der Waals surface area contributed by atoms with Crippen molar-refractivity contribution in [2.24, 2.45) is 0 Å². The van der Waals surface area contributed by atoms with Crippen LogP contribution in [0.15, 0.2) is 73.3 Å². The van der Waals surface area contributed by atoms with Crippen molar-refractivity contribution in [2.45, 2.75) is 6.54 Å². The number of nitrogens with zero attached hydrogens (tertiary/aromatic N) is 2. The Morgan fingerprint density at radius 2 is 1.70 bits per heavy atom. The van der Waals surface area contributed by atoms with E-state index in [-0.39, 0.29) is 5.91 Å². The molecule has 1 amide bonds. The summed E-state index contributed by atoms with van der Waals surface area (Å²) < 4.78 is 0. The Morgan fingerprint density at radius 1 is 0.913 bits per heavy atom. The Balaban J connectivity index is 1.65. The minimum Gasteiger partial charge on any atom is -0.354 e. The first-order valence-electron chi connectivity index (χ1n) is 7.25. The largest absolute Gasteiger partial charge is 0.354 e. The van der Waals surface area contributed by atoms with E-state index in [9.17, 15) is 4.79 Å². The maximum Gasteiger partial charge on any atom is 0.253 e. The Hall–Kier alpha value is -3.21. The molecular formula is C18H16N4O. The lowest BCUT2D eigenvalue weighted by Gasteiger charge is -2.08. The minimum atomic E-state index is -0.153. The van der Waals surface area contributed by atoms with Gasteiger partial charge in [-0.3, -0.25) is 14.8 Å². The van der Waals surface area contributed by atoms with Crippen LogP contribution in [0.4, 0.5) is 11.4 Å². The summed E-state index contributed by atoms with van der Waals surface area (Å²) in [7, 11) is 0. The van der Waals surface area contributed by atoms with E-state index >= 15 is 0 Å². The SMILES string of the molecule is O=C(NCc1ccccc1)c1cncc(Nc2ccncc2)c1. The van der Waals surface area contributed by atoms with Crippen molar-refractivity contribution in [1.82, 2.24) is 15.3 Å². The lowest BCUT2D eigenvalue weighted by molar-refractivity contribution is 0.0950. The van der Waals surface area contributed by atoms with Gasteiger partial charge in [0.05, 0.1) is 17.4 Å². The summed E-state index contributed by atoms with van der Waals surface area (Å²) in [4.78, 5) is 20.3. The van der Waals surface area contributed by atoms with Crippen molar-refractivity contribution in [3.8, 4) is 0 Å². The van der Waals surface area contributed by atoms with Crippen molar-refractivity contribution in [3.05, 3.63) is 84.4 Å². The van der Waals surface area contributed by atoms with Gasteiger partial charge in [0, 0.05) is 30.8 Å². The van der Waals surface area contributed by atoms with Crippen LogP contribution in [-0.4, -0.2) is 15.9 Å². The number of carbonyl (C=O) groups is 1. The molecule has 0 aliphatic carbocycles. The Morgan fingerprint density at radius 3 is 2.48 bits per heavy atom. The number of pyridine rings is 2. The highest BCUT2D eigenvalue weighted by atomic mass is 16.1. The highest BCUT2D eigenvalue weighted by molar-refractivity contribution is 5.94. The van der Waals surface area contributed by atoms with Gasteiger partial charge >= 0.3 is 0 Å². The summed E-state index contributed by atoms with van der Waals surface area (Å²) in [6.45, 7) is 0.488. The van der Waals surface area contributed by atoms with Crippen LogP contribution in [0.1, 0.15) is 15.9 Å². The molecule has 0 bridgehead atoms. The molecule has 0 unspecified atom stereocenters. The number of carbonyl (C=O) groups excluding carboxylic acids is 1. The molecular weight excluding hydrogens is 288 g/mol. The minimum absolute atomic E-state index is 0.153. The van der Waals surface area contributed by atoms with E-state index in [1.807, 2.05) is 42.5 Å². The van der Waals surface area contributed by atoms with Crippen molar-refractivity contribution in [3.63, 3.8) is 0 Å². The highest BCUT2D eigenvalue weighted by Crippen LogP contribution is 2.15. The number of aromatic nitrogens is 2. The summed E-state index contributed by atoms with van der Waals surface area (Å²) in [5, 5.41) is 6.08. The van der Waals surface area contributed by atoms with Crippen LogP contribution in [0.2, 0.25) is 0 Å². The Bertz CT molecular complexity index is 775. The third-order valence-corrected chi connectivity index (χ3v) is 3.27. The second-order valence-corrected chi connectivity index (χ2v) is 4.99. The van der Waals surface area contributed by atoms with Crippen LogP contribution >= 0.6 is 0 Å². The predicted octanol–water partition coefficient (Wildman–Crippen LogP) is 3.15. The molecule has 0 aliphatic heterocycles. The van der Waals surface area contributed by atoms with Crippen LogP contribution < -0.4 is 10.6 Å². The van der Waals surface area contributed by atoms with Crippen LogP contribution in [0.25, 0.3) is 0 Å². The average molecular weight is 304 g/mol. The fraction of sp³-hybridized carbons (Fsp3) is 0.0556. The van der Waals surface area contributed by atoms with Gasteiger partial charge < -0.3 is 10.6 Å². The van der Waals surface area contributed by atoms with E-state index < -0.39 is 0 Å². The number of nitrogens with one attached hydrogen (secondary N) is 2. The lowest BCUT2D eigenvalue weighted by atomic mass is 10.2. The molecule has 2 N–H and O–H groups in total. The summed E-state index contributed by atoms with van der Waals surface area (Å²) in [5.74, 6) is -0.153. The number of rotatable bonds is 5. The summed E-state index contributed by atoms with van der Waals surface area (Å²) in [5.41, 5.74) is 3.21. The molecule has 2 heterocycles. The predicted molar refractivity (Wildman–Crippen MR) is 89.4 cm³/mol. The second kappa shape index (κ2) is 7.17. The van der Waals surface area contributed by atoms with Crippen LogP contribution in [0.3, 0.4) is 0 Å². The molecule has 3 aromatic rings. The first kappa shape index (κ1) is 14.7. The molecule has 1 aromatic carbocycles. The summed E-state index contributed by atoms with van der Waals surface area (Å²) in [6.07, 6.45) is 6.63. The van der Waals surface area contributed by atoms with Gasteiger partial charge in [0.1, 0.15) is 0 Å². The van der Waals surface area contributed by atoms with Crippen molar-refractivity contribution in [2.75, 3.05) is 5.32 Å². The van der Waals surface area contributed by atoms with Crippen LogP contribution in [-0.2, 0) is 6.54 Å². The normalized spacial score (nSPS) is 10.1. The molecule has 0 aliphatic rings. The van der Waals surface area contributed by atoms with Crippen LogP contribution in [0.5, 0.6) is 0 Å². The topological polar surface area (TPSA) is 66.9 Å². The first-order valence-corrected chi connectivity index (χ1v) is 7.25. The van der Waals surface area contributed by atoms with Crippen molar-refractivity contribution in [1.29, 1.82) is 0 Å². The van der Waals surface area contributed by atoms with Gasteiger partial charge in [-0.25, -0.2) is 0 Å². The Labute approximate surface area is 134 Å². The average Bonchev–Trinajstić information content (AvgIpc) is 2.62. The maximum atomic E-state index is 12.2. The van der Waals surface area contributed by atoms with Gasteiger partial charge in [0.25, 0.3) is 5.91 Å². The quantitative estimate of drug-likeness (QED) is 0.760. The number of benzene rings is 1. The monoisotopic (exact) mass is 304 g/mol. The third-order valence-electron chi connectivity index (χ3n) is 3.27. The molecule has 0 atom stereocenters. The van der Waals surface area contributed by atoms with E-state index in [0.717, 1.165) is 16.9 Å². The number of amides is 1. The highest BCUT2D eigenvalue weighted by Gasteiger charge is 2.07. The molecule has 0 spiro atoms. The molecule has 0 saturated carbocycles. The summed E-state index contributed by atoms with van der Waals surface area (Å²) in [6, 6.07) is 15.3. The van der Waals surface area contributed by atoms with E-state index in [2.05, 4.69) is 20.6 Å². The molecule has 2 aromatic heterocycles. The van der Waals surface area contributed by atoms with Crippen molar-refractivity contribution >= 4 is 17.3 Å². The third kappa shape index (κ3) is 4.14. The maximum absolute atomic E-state index is 12.2. The molecule has 0 radical (unpaired) electrons. The van der Waals surface area contributed by atoms with E-state index in [4.69, 9.17) is 0 Å².